The van der Waals surface area contributed by atoms with Crippen LogP contribution >= 0.6 is 0 Å². The van der Waals surface area contributed by atoms with Gasteiger partial charge in [-0.3, -0.25) is 0 Å². The molecule has 1 rings (SSSR count). The van der Waals surface area contributed by atoms with Crippen molar-refractivity contribution in [2.45, 2.75) is 19.0 Å². The molecule has 3 heteroatoms. The average molecular weight is 147 g/mol. The number of hydrogen-bond donors (Lipinski definition) is 2. The highest BCUT2D eigenvalue weighted by Crippen LogP contribution is 2.18. The van der Waals surface area contributed by atoms with E-state index in [2.05, 4.69) is 5.32 Å². The molecule has 0 radical (unpaired) electrons. The van der Waals surface area contributed by atoms with Crippen LogP contribution in [0.5, 0.6) is 0 Å². The molecule has 2 N–H and O–H groups in total. The van der Waals surface area contributed by atoms with Crippen molar-refractivity contribution in [2.24, 2.45) is 5.92 Å². The van der Waals surface area contributed by atoms with Crippen LogP contribution in [0.3, 0.4) is 0 Å². The number of hydrogen-bond acceptors (Lipinski definition) is 2. The molecule has 0 aromatic carbocycles. The van der Waals surface area contributed by atoms with Gasteiger partial charge in [0.25, 0.3) is 0 Å². The largest absolute Gasteiger partial charge is 0.396 e. The van der Waals surface area contributed by atoms with Crippen molar-refractivity contribution in [1.82, 2.24) is 5.32 Å². The molecule has 0 amide bonds. The van der Waals surface area contributed by atoms with Gasteiger partial charge in [0, 0.05) is 13.2 Å². The van der Waals surface area contributed by atoms with Crippen molar-refractivity contribution in [3.63, 3.8) is 0 Å². The summed E-state index contributed by atoms with van der Waals surface area (Å²) in [5.41, 5.74) is 0. The molecule has 0 aromatic heterocycles. The summed E-state index contributed by atoms with van der Waals surface area (Å²) in [6.45, 7) is 1.47. The first kappa shape index (κ1) is 7.95. The molecule has 2 atom stereocenters. The zero-order chi connectivity index (χ0) is 7.40. The normalized spacial score (nSPS) is 34.2. The van der Waals surface area contributed by atoms with E-state index in [-0.39, 0.29) is 12.5 Å². The van der Waals surface area contributed by atoms with Gasteiger partial charge in [-0.05, 0) is 25.3 Å². The van der Waals surface area contributed by atoms with E-state index in [9.17, 15) is 4.39 Å². The Morgan fingerprint density at radius 2 is 2.40 bits per heavy atom. The second kappa shape index (κ2) is 3.88. The maximum Gasteiger partial charge on any atom is 0.115 e. The Labute approximate surface area is 60.4 Å². The standard InChI is InChI=1S/C7H14FNO/c8-7-5-9-3-1-6(7)2-4-10/h6-7,9-10H,1-5H2. The minimum atomic E-state index is -0.749. The van der Waals surface area contributed by atoms with Crippen molar-refractivity contribution in [3.8, 4) is 0 Å². The lowest BCUT2D eigenvalue weighted by molar-refractivity contribution is 0.144. The first-order valence-electron chi connectivity index (χ1n) is 3.80. The van der Waals surface area contributed by atoms with Crippen LogP contribution in [0, 0.1) is 5.92 Å². The van der Waals surface area contributed by atoms with E-state index >= 15 is 0 Å². The molecule has 0 saturated carbocycles. The van der Waals surface area contributed by atoms with E-state index in [0.717, 1.165) is 13.0 Å². The zero-order valence-electron chi connectivity index (χ0n) is 6.02. The highest BCUT2D eigenvalue weighted by molar-refractivity contribution is 4.76. The summed E-state index contributed by atoms with van der Waals surface area (Å²) in [5, 5.41) is 11.5. The van der Waals surface area contributed by atoms with Crippen molar-refractivity contribution >= 4 is 0 Å². The Hall–Kier alpha value is -0.150. The average Bonchev–Trinajstić information content (AvgIpc) is 1.94. The number of aliphatic hydroxyl groups is 1. The lowest BCUT2D eigenvalue weighted by Gasteiger charge is -2.25. The summed E-state index contributed by atoms with van der Waals surface area (Å²) in [5.74, 6) is 0.0891. The number of rotatable bonds is 2. The maximum absolute atomic E-state index is 12.9. The summed E-state index contributed by atoms with van der Waals surface area (Å²) in [4.78, 5) is 0. The number of piperidine rings is 1. The lowest BCUT2D eigenvalue weighted by atomic mass is 9.93. The van der Waals surface area contributed by atoms with Crippen LogP contribution in [0.15, 0.2) is 0 Å². The minimum absolute atomic E-state index is 0.0891. The fourth-order valence-corrected chi connectivity index (χ4v) is 1.37. The van der Waals surface area contributed by atoms with Crippen molar-refractivity contribution in [3.05, 3.63) is 0 Å². The molecule has 10 heavy (non-hydrogen) atoms. The van der Waals surface area contributed by atoms with Crippen LogP contribution < -0.4 is 5.32 Å². The first-order valence-corrected chi connectivity index (χ1v) is 3.80. The Morgan fingerprint density at radius 3 is 3.00 bits per heavy atom. The second-order valence-electron chi connectivity index (χ2n) is 2.78. The van der Waals surface area contributed by atoms with E-state index < -0.39 is 6.17 Å². The molecule has 60 valence electrons. The number of nitrogens with one attached hydrogen (secondary N) is 1. The molecule has 2 nitrogen and oxygen atoms in total. The minimum Gasteiger partial charge on any atom is -0.396 e. The Kier molecular flexibility index (Phi) is 3.09. The molecule has 1 heterocycles. The summed E-state index contributed by atoms with van der Waals surface area (Å²) in [7, 11) is 0. The summed E-state index contributed by atoms with van der Waals surface area (Å²) in [6.07, 6.45) is 0.728. The fourth-order valence-electron chi connectivity index (χ4n) is 1.37. The SMILES string of the molecule is OCCC1CCNCC1F. The summed E-state index contributed by atoms with van der Waals surface area (Å²) in [6, 6.07) is 0. The van der Waals surface area contributed by atoms with E-state index in [1.165, 1.54) is 0 Å². The van der Waals surface area contributed by atoms with Crippen LogP contribution in [-0.4, -0.2) is 31.0 Å². The molecule has 1 aliphatic heterocycles. The molecule has 0 aliphatic carbocycles. The fraction of sp³-hybridized carbons (Fsp3) is 1.00. The van der Waals surface area contributed by atoms with Crippen LogP contribution in [0.25, 0.3) is 0 Å². The zero-order valence-corrected chi connectivity index (χ0v) is 6.02. The third-order valence-corrected chi connectivity index (χ3v) is 2.04. The van der Waals surface area contributed by atoms with E-state index in [1.54, 1.807) is 0 Å². The van der Waals surface area contributed by atoms with Gasteiger partial charge in [0.2, 0.25) is 0 Å². The quantitative estimate of drug-likeness (QED) is 0.589. The van der Waals surface area contributed by atoms with Gasteiger partial charge in [-0.25, -0.2) is 4.39 Å². The van der Waals surface area contributed by atoms with Crippen LogP contribution in [0.2, 0.25) is 0 Å². The number of halogens is 1. The maximum atomic E-state index is 12.9. The second-order valence-corrected chi connectivity index (χ2v) is 2.78. The predicted molar refractivity (Wildman–Crippen MR) is 37.6 cm³/mol. The molecule has 0 bridgehead atoms. The van der Waals surface area contributed by atoms with Crippen LogP contribution in [-0.2, 0) is 0 Å². The van der Waals surface area contributed by atoms with Gasteiger partial charge in [-0.1, -0.05) is 0 Å². The van der Waals surface area contributed by atoms with E-state index in [1.807, 2.05) is 0 Å². The molecule has 2 unspecified atom stereocenters. The highest BCUT2D eigenvalue weighted by atomic mass is 19.1. The van der Waals surface area contributed by atoms with E-state index in [4.69, 9.17) is 5.11 Å². The summed E-state index contributed by atoms with van der Waals surface area (Å²) < 4.78 is 12.9. The number of alkyl halides is 1. The van der Waals surface area contributed by atoms with Crippen molar-refractivity contribution < 1.29 is 9.50 Å². The molecule has 0 aromatic rings. The van der Waals surface area contributed by atoms with E-state index in [0.29, 0.717) is 13.0 Å². The lowest BCUT2D eigenvalue weighted by Crippen LogP contribution is -2.38. The molecule has 1 saturated heterocycles. The van der Waals surface area contributed by atoms with Crippen LogP contribution in [0.4, 0.5) is 4.39 Å². The van der Waals surface area contributed by atoms with Gasteiger partial charge in [-0.15, -0.1) is 0 Å². The molecule has 1 fully saturated rings. The smallest absolute Gasteiger partial charge is 0.115 e. The van der Waals surface area contributed by atoms with Crippen molar-refractivity contribution in [1.29, 1.82) is 0 Å². The third kappa shape index (κ3) is 1.92. The van der Waals surface area contributed by atoms with Gasteiger partial charge in [0.05, 0.1) is 0 Å². The van der Waals surface area contributed by atoms with Gasteiger partial charge in [0.15, 0.2) is 0 Å². The summed E-state index contributed by atoms with van der Waals surface area (Å²) >= 11 is 0. The van der Waals surface area contributed by atoms with Crippen LogP contribution in [0.1, 0.15) is 12.8 Å². The Balaban J connectivity index is 2.25. The first-order chi connectivity index (χ1) is 4.84. The number of aliphatic hydroxyl groups excluding tert-OH is 1. The Morgan fingerprint density at radius 1 is 1.60 bits per heavy atom. The molecule has 1 aliphatic rings. The highest BCUT2D eigenvalue weighted by Gasteiger charge is 2.23. The van der Waals surface area contributed by atoms with Crippen molar-refractivity contribution in [2.75, 3.05) is 19.7 Å². The third-order valence-electron chi connectivity index (χ3n) is 2.04. The topological polar surface area (TPSA) is 32.3 Å². The molecule has 0 spiro atoms. The molecular formula is C7H14FNO. The van der Waals surface area contributed by atoms with Gasteiger partial charge < -0.3 is 10.4 Å². The molecular weight excluding hydrogens is 133 g/mol. The predicted octanol–water partition coefficient (Wildman–Crippen LogP) is 0.316. The Bertz CT molecular complexity index is 97.6. The monoisotopic (exact) mass is 147 g/mol. The van der Waals surface area contributed by atoms with Gasteiger partial charge >= 0.3 is 0 Å². The van der Waals surface area contributed by atoms with Gasteiger partial charge in [-0.2, -0.15) is 0 Å². The van der Waals surface area contributed by atoms with Gasteiger partial charge in [0.1, 0.15) is 6.17 Å².